The SMILES string of the molecule is CC(C)(C)c1ccc2c(n1)N1C[C@@H](CC[C@H](c3cccc(CN)n3)Nc3cccc(n3)SNC2=O)CC1(C)C. The molecule has 206 valence electrons. The summed E-state index contributed by atoms with van der Waals surface area (Å²) in [5.41, 5.74) is 9.04. The van der Waals surface area contributed by atoms with Crippen LogP contribution in [0, 0.1) is 5.92 Å². The maximum Gasteiger partial charge on any atom is 0.265 e. The van der Waals surface area contributed by atoms with Crippen LogP contribution in [-0.4, -0.2) is 32.9 Å². The van der Waals surface area contributed by atoms with Crippen LogP contribution >= 0.6 is 11.9 Å². The molecule has 0 radical (unpaired) electrons. The van der Waals surface area contributed by atoms with Crippen molar-refractivity contribution >= 4 is 29.5 Å². The van der Waals surface area contributed by atoms with Crippen LogP contribution in [0.15, 0.2) is 53.6 Å². The summed E-state index contributed by atoms with van der Waals surface area (Å²) in [4.78, 5) is 30.6. The first-order chi connectivity index (χ1) is 18.5. The van der Waals surface area contributed by atoms with Gasteiger partial charge in [-0.3, -0.25) is 14.5 Å². The van der Waals surface area contributed by atoms with E-state index in [1.807, 2.05) is 42.5 Å². The van der Waals surface area contributed by atoms with Gasteiger partial charge in [0.1, 0.15) is 16.7 Å². The van der Waals surface area contributed by atoms with Crippen molar-refractivity contribution in [1.82, 2.24) is 19.7 Å². The summed E-state index contributed by atoms with van der Waals surface area (Å²) in [5, 5.41) is 4.32. The predicted molar refractivity (Wildman–Crippen MR) is 158 cm³/mol. The third-order valence-corrected chi connectivity index (χ3v) is 8.38. The van der Waals surface area contributed by atoms with E-state index < -0.39 is 0 Å². The number of nitrogens with two attached hydrogens (primary N) is 1. The van der Waals surface area contributed by atoms with Gasteiger partial charge in [-0.2, -0.15) is 0 Å². The molecule has 0 unspecified atom stereocenters. The number of hydrogen-bond donors (Lipinski definition) is 3. The van der Waals surface area contributed by atoms with Crippen LogP contribution in [-0.2, 0) is 12.0 Å². The number of amides is 1. The summed E-state index contributed by atoms with van der Waals surface area (Å²) < 4.78 is 3.01. The average Bonchev–Trinajstić information content (AvgIpc) is 3.22. The molecule has 0 aromatic carbocycles. The minimum atomic E-state index is -0.169. The van der Waals surface area contributed by atoms with Crippen molar-refractivity contribution in [3.8, 4) is 0 Å². The highest BCUT2D eigenvalue weighted by Gasteiger charge is 2.41. The molecule has 1 saturated heterocycles. The first-order valence-corrected chi connectivity index (χ1v) is 14.5. The second-order valence-corrected chi connectivity index (χ2v) is 13.1. The Bertz CT molecular complexity index is 1350. The standard InChI is InChI=1S/C30H39N7OS/c1-29(2,3)24-15-13-21-27(34-24)37-18-19(16-30(37,4)5)12-14-23(22-9-6-8-20(17-31)32-22)33-25-10-7-11-26(35-25)39-36-28(21)38/h6-11,13,15,19,23H,12,14,16-18,31H2,1-5H3,(H,33,35)(H,36,38)/t19-,23+/m0/s1. The van der Waals surface area contributed by atoms with E-state index in [4.69, 9.17) is 20.7 Å². The Balaban J connectivity index is 1.55. The molecular formula is C30H39N7OS. The topological polar surface area (TPSA) is 109 Å². The zero-order chi connectivity index (χ0) is 27.8. The highest BCUT2D eigenvalue weighted by Crippen LogP contribution is 2.41. The maximum atomic E-state index is 13.5. The van der Waals surface area contributed by atoms with E-state index in [1.54, 1.807) is 0 Å². The van der Waals surface area contributed by atoms with Crippen LogP contribution in [0.25, 0.3) is 0 Å². The van der Waals surface area contributed by atoms with Crippen LogP contribution in [0.1, 0.15) is 87.4 Å². The van der Waals surface area contributed by atoms with Gasteiger partial charge in [0.25, 0.3) is 5.91 Å². The number of pyridine rings is 3. The number of aromatic nitrogens is 3. The Morgan fingerprint density at radius 3 is 2.62 bits per heavy atom. The lowest BCUT2D eigenvalue weighted by molar-refractivity contribution is 0.0984. The molecule has 3 aromatic rings. The minimum Gasteiger partial charge on any atom is -0.362 e. The predicted octanol–water partition coefficient (Wildman–Crippen LogP) is 5.62. The van der Waals surface area contributed by atoms with E-state index in [-0.39, 0.29) is 22.9 Å². The highest BCUT2D eigenvalue weighted by atomic mass is 32.2. The van der Waals surface area contributed by atoms with Gasteiger partial charge in [-0.15, -0.1) is 0 Å². The molecule has 2 aliphatic heterocycles. The Morgan fingerprint density at radius 2 is 1.85 bits per heavy atom. The van der Waals surface area contributed by atoms with Crippen molar-refractivity contribution in [2.75, 3.05) is 16.8 Å². The summed E-state index contributed by atoms with van der Waals surface area (Å²) in [6, 6.07) is 15.7. The number of nitrogens with one attached hydrogen (secondary N) is 2. The number of anilines is 2. The van der Waals surface area contributed by atoms with E-state index in [0.717, 1.165) is 54.5 Å². The van der Waals surface area contributed by atoms with E-state index >= 15 is 0 Å². The molecule has 39 heavy (non-hydrogen) atoms. The molecule has 1 amide bonds. The van der Waals surface area contributed by atoms with E-state index in [9.17, 15) is 4.79 Å². The summed E-state index contributed by atoms with van der Waals surface area (Å²) in [6.07, 6.45) is 2.91. The Kier molecular flexibility index (Phi) is 7.57. The number of carbonyl (C=O) groups is 1. The monoisotopic (exact) mass is 545 g/mol. The molecule has 3 aromatic heterocycles. The third-order valence-electron chi connectivity index (χ3n) is 7.66. The van der Waals surface area contributed by atoms with Crippen LogP contribution in [0.2, 0.25) is 0 Å². The number of rotatable bonds is 2. The number of hydrogen-bond acceptors (Lipinski definition) is 8. The Hall–Kier alpha value is -3.17. The number of nitrogens with zero attached hydrogens (tertiary/aromatic N) is 4. The van der Waals surface area contributed by atoms with Gasteiger partial charge in [0.15, 0.2) is 0 Å². The van der Waals surface area contributed by atoms with Gasteiger partial charge < -0.3 is 16.0 Å². The molecule has 0 spiro atoms. The first kappa shape index (κ1) is 27.4. The van der Waals surface area contributed by atoms with Gasteiger partial charge in [-0.25, -0.2) is 9.97 Å². The van der Waals surface area contributed by atoms with Gasteiger partial charge in [0, 0.05) is 41.7 Å². The van der Waals surface area contributed by atoms with Gasteiger partial charge in [-0.05, 0) is 75.4 Å². The second kappa shape index (κ2) is 10.8. The van der Waals surface area contributed by atoms with Gasteiger partial charge in [0.2, 0.25) is 0 Å². The van der Waals surface area contributed by atoms with Gasteiger partial charge in [0.05, 0.1) is 23.0 Å². The van der Waals surface area contributed by atoms with Crippen molar-refractivity contribution in [2.45, 2.75) is 82.4 Å². The smallest absolute Gasteiger partial charge is 0.265 e. The average molecular weight is 546 g/mol. The van der Waals surface area contributed by atoms with Crippen molar-refractivity contribution in [1.29, 1.82) is 0 Å². The first-order valence-electron chi connectivity index (χ1n) is 13.7. The maximum absolute atomic E-state index is 13.5. The van der Waals surface area contributed by atoms with E-state index in [0.29, 0.717) is 23.1 Å². The summed E-state index contributed by atoms with van der Waals surface area (Å²) in [5.74, 6) is 1.78. The summed E-state index contributed by atoms with van der Waals surface area (Å²) in [6.45, 7) is 12.2. The zero-order valence-corrected chi connectivity index (χ0v) is 24.3. The quantitative estimate of drug-likeness (QED) is 0.356. The molecule has 5 rings (SSSR count). The number of carbonyl (C=O) groups excluding carboxylic acids is 1. The normalized spacial score (nSPS) is 21.3. The molecule has 0 saturated carbocycles. The zero-order valence-electron chi connectivity index (χ0n) is 23.5. The van der Waals surface area contributed by atoms with Gasteiger partial charge >= 0.3 is 0 Å². The molecule has 5 heterocycles. The molecule has 9 heteroatoms. The molecule has 8 nitrogen and oxygen atoms in total. The molecule has 4 N–H and O–H groups in total. The van der Waals surface area contributed by atoms with Crippen molar-refractivity contribution < 1.29 is 4.79 Å². The van der Waals surface area contributed by atoms with E-state index in [1.165, 1.54) is 11.9 Å². The second-order valence-electron chi connectivity index (χ2n) is 12.2. The highest BCUT2D eigenvalue weighted by molar-refractivity contribution is 7.97. The van der Waals surface area contributed by atoms with Crippen molar-refractivity contribution in [2.24, 2.45) is 11.7 Å². The number of fused-ring (bicyclic) bond motifs is 6. The van der Waals surface area contributed by atoms with E-state index in [2.05, 4.69) is 55.6 Å². The lowest BCUT2D eigenvalue weighted by Gasteiger charge is -2.34. The molecule has 2 atom stereocenters. The van der Waals surface area contributed by atoms with Crippen LogP contribution in [0.4, 0.5) is 11.6 Å². The Labute approximate surface area is 235 Å². The van der Waals surface area contributed by atoms with Crippen LogP contribution < -0.4 is 20.7 Å². The fourth-order valence-electron chi connectivity index (χ4n) is 5.59. The third kappa shape index (κ3) is 6.04. The summed E-state index contributed by atoms with van der Waals surface area (Å²) >= 11 is 1.22. The molecule has 0 aliphatic carbocycles. The lowest BCUT2D eigenvalue weighted by Crippen LogP contribution is -2.40. The lowest BCUT2D eigenvalue weighted by atomic mass is 9.90. The minimum absolute atomic E-state index is 0.0148. The van der Waals surface area contributed by atoms with Crippen LogP contribution in [0.5, 0.6) is 0 Å². The largest absolute Gasteiger partial charge is 0.362 e. The molecule has 1 fully saturated rings. The van der Waals surface area contributed by atoms with Gasteiger partial charge in [-0.1, -0.05) is 32.9 Å². The molecule has 4 bridgehead atoms. The molecule has 2 aliphatic rings. The van der Waals surface area contributed by atoms with Crippen LogP contribution in [0.3, 0.4) is 0 Å². The van der Waals surface area contributed by atoms with Crippen molar-refractivity contribution in [3.63, 3.8) is 0 Å². The fraction of sp³-hybridized carbons (Fsp3) is 0.467. The fourth-order valence-corrected chi connectivity index (χ4v) is 6.19. The molecular weight excluding hydrogens is 506 g/mol. The Morgan fingerprint density at radius 1 is 1.05 bits per heavy atom. The summed E-state index contributed by atoms with van der Waals surface area (Å²) in [7, 11) is 0. The van der Waals surface area contributed by atoms with Crippen molar-refractivity contribution in [3.05, 3.63) is 71.2 Å².